The van der Waals surface area contributed by atoms with E-state index in [0.717, 1.165) is 37.0 Å². The highest BCUT2D eigenvalue weighted by molar-refractivity contribution is 6.06. The average molecular weight is 349 g/mol. The maximum atomic E-state index is 13.3. The van der Waals surface area contributed by atoms with Crippen LogP contribution in [0, 0.1) is 5.92 Å². The highest BCUT2D eigenvalue weighted by Gasteiger charge is 2.40. The first-order valence-corrected chi connectivity index (χ1v) is 8.86. The maximum Gasteiger partial charge on any atom is 0.255 e. The van der Waals surface area contributed by atoms with Crippen LogP contribution in [-0.2, 0) is 0 Å². The second kappa shape index (κ2) is 5.81. The molecule has 1 amide bonds. The van der Waals surface area contributed by atoms with Gasteiger partial charge in [0.2, 0.25) is 0 Å². The Labute approximate surface area is 150 Å². The molecule has 3 N–H and O–H groups in total. The quantitative estimate of drug-likeness (QED) is 0.655. The number of aromatic hydroxyl groups is 1. The van der Waals surface area contributed by atoms with E-state index in [1.165, 1.54) is 0 Å². The molecular formula is C19H19N5O2. The van der Waals surface area contributed by atoms with Crippen LogP contribution in [0.15, 0.2) is 36.5 Å². The minimum absolute atomic E-state index is 0.0371. The van der Waals surface area contributed by atoms with Gasteiger partial charge in [0.15, 0.2) is 5.65 Å². The molecule has 2 unspecified atom stereocenters. The van der Waals surface area contributed by atoms with Gasteiger partial charge in [0.25, 0.3) is 5.91 Å². The molecule has 26 heavy (non-hydrogen) atoms. The highest BCUT2D eigenvalue weighted by Crippen LogP contribution is 2.31. The Balaban J connectivity index is 1.59. The topological polar surface area (TPSA) is 94.1 Å². The van der Waals surface area contributed by atoms with Gasteiger partial charge in [-0.25, -0.2) is 4.98 Å². The van der Waals surface area contributed by atoms with Crippen LogP contribution in [-0.4, -0.2) is 56.8 Å². The number of nitrogens with zero attached hydrogens (tertiary/aromatic N) is 3. The molecule has 2 atom stereocenters. The Hall–Kier alpha value is -2.93. The van der Waals surface area contributed by atoms with Gasteiger partial charge >= 0.3 is 0 Å². The summed E-state index contributed by atoms with van der Waals surface area (Å²) in [6.45, 7) is 2.65. The number of fused-ring (bicyclic) bond motifs is 2. The van der Waals surface area contributed by atoms with Crippen molar-refractivity contribution in [3.8, 4) is 17.0 Å². The summed E-state index contributed by atoms with van der Waals surface area (Å²) in [5.74, 6) is 0.789. The lowest BCUT2D eigenvalue weighted by molar-refractivity contribution is 0.0739. The molecule has 2 aromatic heterocycles. The van der Waals surface area contributed by atoms with Crippen molar-refractivity contribution < 1.29 is 9.90 Å². The monoisotopic (exact) mass is 349 g/mol. The fourth-order valence-corrected chi connectivity index (χ4v) is 4.14. The number of carbonyl (C=O) groups excluding carboxylic acids is 1. The molecule has 1 aromatic carbocycles. The molecular weight excluding hydrogens is 330 g/mol. The van der Waals surface area contributed by atoms with E-state index in [1.54, 1.807) is 30.5 Å². The predicted octanol–water partition coefficient (Wildman–Crippen LogP) is 1.76. The molecule has 5 rings (SSSR count). The van der Waals surface area contributed by atoms with E-state index in [0.29, 0.717) is 22.8 Å². The predicted molar refractivity (Wildman–Crippen MR) is 96.8 cm³/mol. The van der Waals surface area contributed by atoms with E-state index in [1.807, 2.05) is 11.0 Å². The number of hydrogen-bond donors (Lipinski definition) is 3. The van der Waals surface area contributed by atoms with E-state index < -0.39 is 0 Å². The van der Waals surface area contributed by atoms with Crippen molar-refractivity contribution in [2.75, 3.05) is 19.6 Å². The number of benzene rings is 1. The number of nitrogens with one attached hydrogen (secondary N) is 2. The lowest BCUT2D eigenvalue weighted by Gasteiger charge is -2.24. The SMILES string of the molecule is O=C(c1cc(-c2ccc(O)cc2)nc2[nH]ncc12)N1CCC2CNCC21. The third-order valence-corrected chi connectivity index (χ3v) is 5.52. The second-order valence-electron chi connectivity index (χ2n) is 7.01. The molecule has 3 aromatic rings. The number of amides is 1. The fourth-order valence-electron chi connectivity index (χ4n) is 4.14. The number of pyridine rings is 1. The number of phenolic OH excluding ortho intramolecular Hbond substituents is 1. The van der Waals surface area contributed by atoms with Gasteiger partial charge in [-0.05, 0) is 42.7 Å². The smallest absolute Gasteiger partial charge is 0.255 e. The average Bonchev–Trinajstić information content (AvgIpc) is 3.37. The van der Waals surface area contributed by atoms with E-state index in [-0.39, 0.29) is 17.7 Å². The van der Waals surface area contributed by atoms with Crippen molar-refractivity contribution >= 4 is 16.9 Å². The first-order valence-electron chi connectivity index (χ1n) is 8.86. The van der Waals surface area contributed by atoms with E-state index in [2.05, 4.69) is 20.5 Å². The van der Waals surface area contributed by atoms with E-state index in [9.17, 15) is 9.90 Å². The molecule has 0 aliphatic carbocycles. The van der Waals surface area contributed by atoms with Crippen LogP contribution in [0.25, 0.3) is 22.3 Å². The van der Waals surface area contributed by atoms with Gasteiger partial charge in [0.1, 0.15) is 5.75 Å². The van der Waals surface area contributed by atoms with Crippen molar-refractivity contribution in [1.29, 1.82) is 0 Å². The van der Waals surface area contributed by atoms with Crippen molar-refractivity contribution in [2.24, 2.45) is 5.92 Å². The Morgan fingerprint density at radius 3 is 2.92 bits per heavy atom. The van der Waals surface area contributed by atoms with Gasteiger partial charge in [-0.2, -0.15) is 5.10 Å². The van der Waals surface area contributed by atoms with Gasteiger partial charge in [-0.3, -0.25) is 9.89 Å². The Bertz CT molecular complexity index is 981. The number of likely N-dealkylation sites (tertiary alicyclic amines) is 1. The molecule has 0 spiro atoms. The lowest BCUT2D eigenvalue weighted by atomic mass is 10.0. The molecule has 7 nitrogen and oxygen atoms in total. The van der Waals surface area contributed by atoms with E-state index in [4.69, 9.17) is 0 Å². The van der Waals surface area contributed by atoms with Gasteiger partial charge in [-0.15, -0.1) is 0 Å². The van der Waals surface area contributed by atoms with Crippen molar-refractivity contribution in [1.82, 2.24) is 25.4 Å². The summed E-state index contributed by atoms with van der Waals surface area (Å²) in [5.41, 5.74) is 2.75. The zero-order valence-electron chi connectivity index (χ0n) is 14.1. The molecule has 2 aliphatic rings. The van der Waals surface area contributed by atoms with Crippen LogP contribution in [0.3, 0.4) is 0 Å². The minimum Gasteiger partial charge on any atom is -0.508 e. The van der Waals surface area contributed by atoms with Crippen LogP contribution >= 0.6 is 0 Å². The van der Waals surface area contributed by atoms with Crippen LogP contribution in [0.4, 0.5) is 0 Å². The molecule has 2 saturated heterocycles. The van der Waals surface area contributed by atoms with Gasteiger partial charge in [0, 0.05) is 31.2 Å². The second-order valence-corrected chi connectivity index (χ2v) is 7.01. The third kappa shape index (κ3) is 2.35. The van der Waals surface area contributed by atoms with Crippen LogP contribution in [0.1, 0.15) is 16.8 Å². The summed E-state index contributed by atoms with van der Waals surface area (Å²) >= 11 is 0. The molecule has 7 heteroatoms. The summed E-state index contributed by atoms with van der Waals surface area (Å²) in [5, 5.41) is 20.6. The summed E-state index contributed by atoms with van der Waals surface area (Å²) in [7, 11) is 0. The van der Waals surface area contributed by atoms with Crippen LogP contribution < -0.4 is 5.32 Å². The largest absolute Gasteiger partial charge is 0.508 e. The highest BCUT2D eigenvalue weighted by atomic mass is 16.3. The standard InChI is InChI=1S/C19H19N5O2/c25-13-3-1-11(2-4-13)16-7-14(15-9-21-23-18(15)22-16)19(26)24-6-5-12-8-20-10-17(12)24/h1-4,7,9,12,17,20,25H,5-6,8,10H2,(H,21,22,23). The number of H-pyrrole nitrogens is 1. The first-order chi connectivity index (χ1) is 12.7. The molecule has 2 fully saturated rings. The summed E-state index contributed by atoms with van der Waals surface area (Å²) in [6.07, 6.45) is 2.71. The van der Waals surface area contributed by atoms with E-state index >= 15 is 0 Å². The molecule has 2 aliphatic heterocycles. The molecule has 132 valence electrons. The zero-order chi connectivity index (χ0) is 17.7. The number of carbonyl (C=O) groups is 1. The normalized spacial score (nSPS) is 22.1. The molecule has 0 bridgehead atoms. The van der Waals surface area contributed by atoms with Crippen LogP contribution in [0.2, 0.25) is 0 Å². The third-order valence-electron chi connectivity index (χ3n) is 5.52. The van der Waals surface area contributed by atoms with Gasteiger partial charge < -0.3 is 15.3 Å². The lowest BCUT2D eigenvalue weighted by Crippen LogP contribution is -2.39. The number of phenols is 1. The molecule has 0 saturated carbocycles. The van der Waals surface area contributed by atoms with Gasteiger partial charge in [0.05, 0.1) is 22.8 Å². The fraction of sp³-hybridized carbons (Fsp3) is 0.316. The zero-order valence-corrected chi connectivity index (χ0v) is 14.1. The molecule has 0 radical (unpaired) electrons. The number of hydrogen-bond acceptors (Lipinski definition) is 5. The van der Waals surface area contributed by atoms with Crippen LogP contribution in [0.5, 0.6) is 5.75 Å². The molecule has 4 heterocycles. The Kier molecular flexibility index (Phi) is 3.43. The van der Waals surface area contributed by atoms with Crippen molar-refractivity contribution in [3.05, 3.63) is 42.1 Å². The number of aromatic amines is 1. The Morgan fingerprint density at radius 2 is 2.08 bits per heavy atom. The number of aromatic nitrogens is 3. The maximum absolute atomic E-state index is 13.3. The number of rotatable bonds is 2. The summed E-state index contributed by atoms with van der Waals surface area (Å²) in [4.78, 5) is 19.9. The summed E-state index contributed by atoms with van der Waals surface area (Å²) < 4.78 is 0. The Morgan fingerprint density at radius 1 is 1.23 bits per heavy atom. The van der Waals surface area contributed by atoms with Gasteiger partial charge in [-0.1, -0.05) is 0 Å². The summed E-state index contributed by atoms with van der Waals surface area (Å²) in [6, 6.07) is 8.93. The van der Waals surface area contributed by atoms with Crippen molar-refractivity contribution in [2.45, 2.75) is 12.5 Å². The first kappa shape index (κ1) is 15.3. The minimum atomic E-state index is 0.0371. The van der Waals surface area contributed by atoms with Crippen molar-refractivity contribution in [3.63, 3.8) is 0 Å².